The maximum absolute atomic E-state index is 13.2. The number of hydrogen-bond donors (Lipinski definition) is 0. The molecule has 0 radical (unpaired) electrons. The quantitative estimate of drug-likeness (QED) is 0.832. The van der Waals surface area contributed by atoms with Gasteiger partial charge in [0, 0.05) is 32.3 Å². The lowest BCUT2D eigenvalue weighted by atomic mass is 10.0. The van der Waals surface area contributed by atoms with Gasteiger partial charge < -0.3 is 9.80 Å². The van der Waals surface area contributed by atoms with E-state index in [1.807, 2.05) is 18.7 Å². The molecule has 0 saturated carbocycles. The van der Waals surface area contributed by atoms with Crippen LogP contribution < -0.4 is 0 Å². The summed E-state index contributed by atoms with van der Waals surface area (Å²) in [5.41, 5.74) is 1.26. The molecule has 0 unspecified atom stereocenters. The molecule has 0 bridgehead atoms. The average Bonchev–Trinajstić information content (AvgIpc) is 2.83. The van der Waals surface area contributed by atoms with E-state index in [2.05, 4.69) is 4.98 Å². The van der Waals surface area contributed by atoms with E-state index in [0.29, 0.717) is 25.3 Å². The molecular weight excluding hydrogens is 345 g/mol. The highest BCUT2D eigenvalue weighted by molar-refractivity contribution is 5.93. The van der Waals surface area contributed by atoms with Crippen molar-refractivity contribution >= 4 is 11.8 Å². The van der Waals surface area contributed by atoms with Crippen molar-refractivity contribution in [3.8, 4) is 0 Å². The molecule has 1 aliphatic heterocycles. The monoisotopic (exact) mass is 369 g/mol. The third-order valence-electron chi connectivity index (χ3n) is 4.93. The lowest BCUT2D eigenvalue weighted by Gasteiger charge is -2.34. The topological polar surface area (TPSA) is 53.5 Å². The SMILES string of the molecule is CC(C)[C@H]1CN(C(=O)c2ccccn2)CCC(=O)N1Cc1ccc(F)cc1. The Balaban J connectivity index is 1.82. The molecule has 3 rings (SSSR count). The molecule has 6 heteroatoms. The second-order valence-corrected chi connectivity index (χ2v) is 7.18. The summed E-state index contributed by atoms with van der Waals surface area (Å²) in [5.74, 6) is -0.271. The number of carbonyl (C=O) groups excluding carboxylic acids is 2. The van der Waals surface area contributed by atoms with Crippen LogP contribution in [0.2, 0.25) is 0 Å². The number of hydrogen-bond acceptors (Lipinski definition) is 3. The van der Waals surface area contributed by atoms with Crippen LogP contribution in [0.4, 0.5) is 4.39 Å². The predicted octanol–water partition coefficient (Wildman–Crippen LogP) is 3.12. The molecule has 2 heterocycles. The first-order valence-corrected chi connectivity index (χ1v) is 9.20. The summed E-state index contributed by atoms with van der Waals surface area (Å²) < 4.78 is 13.2. The molecule has 1 aromatic carbocycles. The zero-order valence-electron chi connectivity index (χ0n) is 15.6. The molecule has 142 valence electrons. The van der Waals surface area contributed by atoms with Crippen LogP contribution in [0, 0.1) is 11.7 Å². The number of pyridine rings is 1. The van der Waals surface area contributed by atoms with E-state index in [9.17, 15) is 14.0 Å². The van der Waals surface area contributed by atoms with Gasteiger partial charge >= 0.3 is 0 Å². The van der Waals surface area contributed by atoms with E-state index in [1.165, 1.54) is 12.1 Å². The highest BCUT2D eigenvalue weighted by Gasteiger charge is 2.33. The number of carbonyl (C=O) groups is 2. The van der Waals surface area contributed by atoms with Gasteiger partial charge in [0.25, 0.3) is 5.91 Å². The van der Waals surface area contributed by atoms with Gasteiger partial charge in [-0.25, -0.2) is 4.39 Å². The van der Waals surface area contributed by atoms with Crippen molar-refractivity contribution in [2.45, 2.75) is 32.9 Å². The number of rotatable bonds is 4. The van der Waals surface area contributed by atoms with E-state index in [0.717, 1.165) is 5.56 Å². The van der Waals surface area contributed by atoms with E-state index in [4.69, 9.17) is 0 Å². The molecule has 1 atom stereocenters. The van der Waals surface area contributed by atoms with Gasteiger partial charge in [0.15, 0.2) is 0 Å². The van der Waals surface area contributed by atoms with Crippen molar-refractivity contribution in [3.63, 3.8) is 0 Å². The molecule has 0 spiro atoms. The summed E-state index contributed by atoms with van der Waals surface area (Å²) in [6.45, 7) is 5.33. The first-order valence-electron chi connectivity index (χ1n) is 9.20. The maximum atomic E-state index is 13.2. The van der Waals surface area contributed by atoms with Gasteiger partial charge in [-0.2, -0.15) is 0 Å². The van der Waals surface area contributed by atoms with Gasteiger partial charge in [0.1, 0.15) is 11.5 Å². The largest absolute Gasteiger partial charge is 0.335 e. The van der Waals surface area contributed by atoms with Crippen LogP contribution in [0.5, 0.6) is 0 Å². The molecule has 5 nitrogen and oxygen atoms in total. The zero-order chi connectivity index (χ0) is 19.4. The molecular formula is C21H24FN3O2. The summed E-state index contributed by atoms with van der Waals surface area (Å²) in [7, 11) is 0. The van der Waals surface area contributed by atoms with E-state index in [-0.39, 0.29) is 36.0 Å². The summed E-state index contributed by atoms with van der Waals surface area (Å²) in [6.07, 6.45) is 1.86. The van der Waals surface area contributed by atoms with Crippen LogP contribution >= 0.6 is 0 Å². The Kier molecular flexibility index (Phi) is 5.84. The van der Waals surface area contributed by atoms with Crippen LogP contribution in [-0.2, 0) is 11.3 Å². The van der Waals surface area contributed by atoms with Gasteiger partial charge in [-0.1, -0.05) is 32.0 Å². The Morgan fingerprint density at radius 3 is 2.59 bits per heavy atom. The Hall–Kier alpha value is -2.76. The molecule has 1 fully saturated rings. The molecule has 1 aromatic heterocycles. The Bertz CT molecular complexity index is 793. The van der Waals surface area contributed by atoms with E-state index < -0.39 is 0 Å². The van der Waals surface area contributed by atoms with Crippen molar-refractivity contribution in [3.05, 3.63) is 65.7 Å². The predicted molar refractivity (Wildman–Crippen MR) is 100 cm³/mol. The van der Waals surface area contributed by atoms with E-state index in [1.54, 1.807) is 41.4 Å². The standard InChI is InChI=1S/C21H24FN3O2/c1-15(2)19-14-24(21(27)18-5-3-4-11-23-18)12-10-20(26)25(19)13-16-6-8-17(22)9-7-16/h3-9,11,15,19H,10,12-14H2,1-2H3/t19-/m1/s1. The summed E-state index contributed by atoms with van der Waals surface area (Å²) in [6, 6.07) is 11.3. The van der Waals surface area contributed by atoms with Crippen LogP contribution in [0.3, 0.4) is 0 Å². The highest BCUT2D eigenvalue weighted by Crippen LogP contribution is 2.22. The van der Waals surface area contributed by atoms with Gasteiger partial charge in [0.05, 0.1) is 6.04 Å². The molecule has 2 aromatic rings. The molecule has 2 amide bonds. The Labute approximate surface area is 158 Å². The first-order chi connectivity index (χ1) is 13.0. The van der Waals surface area contributed by atoms with Crippen molar-refractivity contribution in [1.82, 2.24) is 14.8 Å². The number of nitrogens with zero attached hydrogens (tertiary/aromatic N) is 3. The van der Waals surface area contributed by atoms with Crippen molar-refractivity contribution in [2.24, 2.45) is 5.92 Å². The van der Waals surface area contributed by atoms with Gasteiger partial charge in [-0.15, -0.1) is 0 Å². The average molecular weight is 369 g/mol. The fourth-order valence-corrected chi connectivity index (χ4v) is 3.37. The summed E-state index contributed by atoms with van der Waals surface area (Å²) >= 11 is 0. The minimum absolute atomic E-state index is 0.00865. The van der Waals surface area contributed by atoms with Crippen LogP contribution in [0.25, 0.3) is 0 Å². The normalized spacial score (nSPS) is 17.9. The maximum Gasteiger partial charge on any atom is 0.272 e. The van der Waals surface area contributed by atoms with Crippen LogP contribution in [0.15, 0.2) is 48.7 Å². The minimum atomic E-state index is -0.298. The second-order valence-electron chi connectivity index (χ2n) is 7.18. The number of amides is 2. The zero-order valence-corrected chi connectivity index (χ0v) is 15.6. The fourth-order valence-electron chi connectivity index (χ4n) is 3.37. The summed E-state index contributed by atoms with van der Waals surface area (Å²) in [4.78, 5) is 33.3. The molecule has 1 aliphatic rings. The summed E-state index contributed by atoms with van der Waals surface area (Å²) in [5, 5.41) is 0. The number of halogens is 1. The van der Waals surface area contributed by atoms with Crippen molar-refractivity contribution in [2.75, 3.05) is 13.1 Å². The molecule has 0 aliphatic carbocycles. The third-order valence-corrected chi connectivity index (χ3v) is 4.93. The van der Waals surface area contributed by atoms with Gasteiger partial charge in [-0.3, -0.25) is 14.6 Å². The second kappa shape index (κ2) is 8.29. The van der Waals surface area contributed by atoms with E-state index >= 15 is 0 Å². The highest BCUT2D eigenvalue weighted by atomic mass is 19.1. The fraction of sp³-hybridized carbons (Fsp3) is 0.381. The lowest BCUT2D eigenvalue weighted by Crippen LogP contribution is -2.47. The Morgan fingerprint density at radius 1 is 1.22 bits per heavy atom. The smallest absolute Gasteiger partial charge is 0.272 e. The molecule has 27 heavy (non-hydrogen) atoms. The minimum Gasteiger partial charge on any atom is -0.335 e. The van der Waals surface area contributed by atoms with Crippen LogP contribution in [0.1, 0.15) is 36.3 Å². The van der Waals surface area contributed by atoms with Crippen molar-refractivity contribution in [1.29, 1.82) is 0 Å². The molecule has 1 saturated heterocycles. The Morgan fingerprint density at radius 2 is 1.96 bits per heavy atom. The number of aromatic nitrogens is 1. The van der Waals surface area contributed by atoms with Gasteiger partial charge in [-0.05, 0) is 35.7 Å². The first kappa shape index (κ1) is 19.0. The van der Waals surface area contributed by atoms with Crippen LogP contribution in [-0.4, -0.2) is 45.7 Å². The number of benzene rings is 1. The lowest BCUT2D eigenvalue weighted by molar-refractivity contribution is -0.134. The van der Waals surface area contributed by atoms with Crippen molar-refractivity contribution < 1.29 is 14.0 Å². The molecule has 0 N–H and O–H groups in total. The van der Waals surface area contributed by atoms with Gasteiger partial charge in [0.2, 0.25) is 5.91 Å². The third kappa shape index (κ3) is 4.51.